The molecule has 0 aromatic heterocycles. The standard InChI is InChI=1S/C19H22BrFN2O/c20-18-5-6-19(21)17(11-18)13-22-12-15-1-3-16(4-2-15)14-23-7-9-24-10-8-23/h1-6,11,22H,7-10,12-14H2. The third kappa shape index (κ3) is 5.11. The molecule has 24 heavy (non-hydrogen) atoms. The highest BCUT2D eigenvalue weighted by atomic mass is 79.9. The minimum atomic E-state index is -0.174. The zero-order valence-corrected chi connectivity index (χ0v) is 15.2. The average Bonchev–Trinajstić information content (AvgIpc) is 2.60. The summed E-state index contributed by atoms with van der Waals surface area (Å²) in [7, 11) is 0. The summed E-state index contributed by atoms with van der Waals surface area (Å²) in [5.74, 6) is -0.174. The summed E-state index contributed by atoms with van der Waals surface area (Å²) < 4.78 is 20.0. The summed E-state index contributed by atoms with van der Waals surface area (Å²) in [5.41, 5.74) is 3.20. The summed E-state index contributed by atoms with van der Waals surface area (Å²) in [5, 5.41) is 3.30. The summed E-state index contributed by atoms with van der Waals surface area (Å²) in [6.07, 6.45) is 0. The molecule has 0 spiro atoms. The Balaban J connectivity index is 1.48. The van der Waals surface area contributed by atoms with Gasteiger partial charge in [0.05, 0.1) is 13.2 Å². The van der Waals surface area contributed by atoms with Crippen molar-refractivity contribution in [1.82, 2.24) is 10.2 Å². The van der Waals surface area contributed by atoms with Crippen molar-refractivity contribution in [1.29, 1.82) is 0 Å². The molecule has 1 heterocycles. The van der Waals surface area contributed by atoms with E-state index in [-0.39, 0.29) is 5.82 Å². The van der Waals surface area contributed by atoms with Crippen LogP contribution in [0, 0.1) is 5.82 Å². The Morgan fingerprint density at radius 3 is 2.46 bits per heavy atom. The fraction of sp³-hybridized carbons (Fsp3) is 0.368. The number of rotatable bonds is 6. The first kappa shape index (κ1) is 17.5. The third-order valence-electron chi connectivity index (χ3n) is 4.19. The lowest BCUT2D eigenvalue weighted by Gasteiger charge is -2.26. The Morgan fingerprint density at radius 1 is 1.00 bits per heavy atom. The molecule has 0 bridgehead atoms. The molecule has 0 saturated carbocycles. The molecule has 1 saturated heterocycles. The molecule has 0 aliphatic carbocycles. The van der Waals surface area contributed by atoms with Crippen LogP contribution < -0.4 is 5.32 Å². The van der Waals surface area contributed by atoms with Crippen LogP contribution in [0.2, 0.25) is 0 Å². The molecule has 128 valence electrons. The number of hydrogen-bond acceptors (Lipinski definition) is 3. The number of morpholine rings is 1. The van der Waals surface area contributed by atoms with Crippen LogP contribution in [0.5, 0.6) is 0 Å². The molecule has 1 aliphatic heterocycles. The highest BCUT2D eigenvalue weighted by molar-refractivity contribution is 9.10. The summed E-state index contributed by atoms with van der Waals surface area (Å²) in [6, 6.07) is 13.6. The van der Waals surface area contributed by atoms with Crippen molar-refractivity contribution in [3.8, 4) is 0 Å². The van der Waals surface area contributed by atoms with Crippen molar-refractivity contribution in [3.63, 3.8) is 0 Å². The maximum atomic E-state index is 13.7. The lowest BCUT2D eigenvalue weighted by atomic mass is 10.1. The third-order valence-corrected chi connectivity index (χ3v) is 4.68. The predicted octanol–water partition coefficient (Wildman–Crippen LogP) is 3.71. The van der Waals surface area contributed by atoms with Crippen LogP contribution in [0.3, 0.4) is 0 Å². The Bertz CT molecular complexity index is 657. The van der Waals surface area contributed by atoms with E-state index in [0.29, 0.717) is 12.1 Å². The monoisotopic (exact) mass is 392 g/mol. The molecule has 0 unspecified atom stereocenters. The van der Waals surface area contributed by atoms with Crippen LogP contribution in [-0.2, 0) is 24.4 Å². The van der Waals surface area contributed by atoms with Crippen LogP contribution in [-0.4, -0.2) is 31.2 Å². The van der Waals surface area contributed by atoms with E-state index in [0.717, 1.165) is 43.9 Å². The van der Waals surface area contributed by atoms with Crippen LogP contribution >= 0.6 is 15.9 Å². The van der Waals surface area contributed by atoms with Crippen LogP contribution in [0.25, 0.3) is 0 Å². The van der Waals surface area contributed by atoms with Gasteiger partial charge in [-0.25, -0.2) is 4.39 Å². The Morgan fingerprint density at radius 2 is 1.71 bits per heavy atom. The summed E-state index contributed by atoms with van der Waals surface area (Å²) in [6.45, 7) is 5.87. The first-order valence-electron chi connectivity index (χ1n) is 8.23. The van der Waals surface area contributed by atoms with E-state index in [1.54, 1.807) is 6.07 Å². The fourth-order valence-electron chi connectivity index (χ4n) is 2.80. The van der Waals surface area contributed by atoms with E-state index in [9.17, 15) is 4.39 Å². The SMILES string of the molecule is Fc1ccc(Br)cc1CNCc1ccc(CN2CCOCC2)cc1. The largest absolute Gasteiger partial charge is 0.379 e. The Hall–Kier alpha value is -1.27. The fourth-order valence-corrected chi connectivity index (χ4v) is 3.21. The number of nitrogens with one attached hydrogen (secondary N) is 1. The minimum Gasteiger partial charge on any atom is -0.379 e. The minimum absolute atomic E-state index is 0.174. The smallest absolute Gasteiger partial charge is 0.127 e. The van der Waals surface area contributed by atoms with Crippen molar-refractivity contribution < 1.29 is 9.13 Å². The maximum Gasteiger partial charge on any atom is 0.127 e. The van der Waals surface area contributed by atoms with Crippen LogP contribution in [0.4, 0.5) is 4.39 Å². The second-order valence-corrected chi connectivity index (χ2v) is 6.96. The van der Waals surface area contributed by atoms with Crippen molar-refractivity contribution in [2.24, 2.45) is 0 Å². The maximum absolute atomic E-state index is 13.7. The number of ether oxygens (including phenoxy) is 1. The van der Waals surface area contributed by atoms with Gasteiger partial charge in [-0.2, -0.15) is 0 Å². The number of halogens is 2. The van der Waals surface area contributed by atoms with E-state index in [2.05, 4.69) is 50.4 Å². The molecule has 3 rings (SSSR count). The van der Waals surface area contributed by atoms with Crippen LogP contribution in [0.1, 0.15) is 16.7 Å². The molecule has 5 heteroatoms. The lowest BCUT2D eigenvalue weighted by molar-refractivity contribution is 0.0342. The van der Waals surface area contributed by atoms with E-state index in [1.807, 2.05) is 6.07 Å². The highest BCUT2D eigenvalue weighted by Crippen LogP contribution is 2.15. The van der Waals surface area contributed by atoms with Gasteiger partial charge in [0.2, 0.25) is 0 Å². The second kappa shape index (κ2) is 8.72. The molecule has 1 aliphatic rings. The molecular formula is C19H22BrFN2O. The first-order chi connectivity index (χ1) is 11.7. The summed E-state index contributed by atoms with van der Waals surface area (Å²) in [4.78, 5) is 2.41. The molecule has 0 radical (unpaired) electrons. The average molecular weight is 393 g/mol. The first-order valence-corrected chi connectivity index (χ1v) is 9.02. The summed E-state index contributed by atoms with van der Waals surface area (Å²) >= 11 is 3.38. The molecule has 1 fully saturated rings. The Kier molecular flexibility index (Phi) is 6.37. The van der Waals surface area contributed by atoms with Gasteiger partial charge in [-0.3, -0.25) is 4.90 Å². The number of hydrogen-bond donors (Lipinski definition) is 1. The molecule has 2 aromatic carbocycles. The van der Waals surface area contributed by atoms with Crippen molar-refractivity contribution in [3.05, 3.63) is 69.4 Å². The van der Waals surface area contributed by atoms with E-state index < -0.39 is 0 Å². The molecule has 0 amide bonds. The van der Waals surface area contributed by atoms with E-state index in [4.69, 9.17) is 4.74 Å². The van der Waals surface area contributed by atoms with Crippen molar-refractivity contribution in [2.45, 2.75) is 19.6 Å². The number of nitrogens with zero attached hydrogens (tertiary/aromatic N) is 1. The highest BCUT2D eigenvalue weighted by Gasteiger charge is 2.10. The predicted molar refractivity (Wildman–Crippen MR) is 97.2 cm³/mol. The van der Waals surface area contributed by atoms with E-state index >= 15 is 0 Å². The van der Waals surface area contributed by atoms with Gasteiger partial charge < -0.3 is 10.1 Å². The molecular weight excluding hydrogens is 371 g/mol. The zero-order valence-electron chi connectivity index (χ0n) is 13.6. The number of benzene rings is 2. The quantitative estimate of drug-likeness (QED) is 0.810. The molecule has 3 nitrogen and oxygen atoms in total. The van der Waals surface area contributed by atoms with Gasteiger partial charge in [0.1, 0.15) is 5.82 Å². The van der Waals surface area contributed by atoms with Crippen molar-refractivity contribution in [2.75, 3.05) is 26.3 Å². The van der Waals surface area contributed by atoms with Crippen molar-refractivity contribution >= 4 is 15.9 Å². The zero-order chi connectivity index (χ0) is 16.8. The van der Waals surface area contributed by atoms with Gasteiger partial charge >= 0.3 is 0 Å². The second-order valence-electron chi connectivity index (χ2n) is 6.04. The van der Waals surface area contributed by atoms with Gasteiger partial charge in [0.15, 0.2) is 0 Å². The van der Waals surface area contributed by atoms with Gasteiger partial charge in [0, 0.05) is 42.8 Å². The Labute approximate surface area is 150 Å². The van der Waals surface area contributed by atoms with Gasteiger partial charge in [0.25, 0.3) is 0 Å². The molecule has 2 aromatic rings. The molecule has 1 N–H and O–H groups in total. The van der Waals surface area contributed by atoms with Gasteiger partial charge in [-0.15, -0.1) is 0 Å². The van der Waals surface area contributed by atoms with Crippen LogP contribution in [0.15, 0.2) is 46.9 Å². The topological polar surface area (TPSA) is 24.5 Å². The van der Waals surface area contributed by atoms with Gasteiger partial charge in [-0.05, 0) is 29.3 Å². The molecule has 0 atom stereocenters. The van der Waals surface area contributed by atoms with Gasteiger partial charge in [-0.1, -0.05) is 40.2 Å². The lowest BCUT2D eigenvalue weighted by Crippen LogP contribution is -2.35. The van der Waals surface area contributed by atoms with E-state index in [1.165, 1.54) is 17.2 Å². The normalized spacial score (nSPS) is 15.6.